The summed E-state index contributed by atoms with van der Waals surface area (Å²) >= 11 is 5.27. The van der Waals surface area contributed by atoms with Crippen LogP contribution >= 0.6 is 27.3 Å². The van der Waals surface area contributed by atoms with E-state index in [0.29, 0.717) is 0 Å². The van der Waals surface area contributed by atoms with Gasteiger partial charge in [-0.15, -0.1) is 11.3 Å². The van der Waals surface area contributed by atoms with Crippen molar-refractivity contribution in [1.29, 1.82) is 0 Å². The van der Waals surface area contributed by atoms with Crippen LogP contribution in [0.25, 0.3) is 11.3 Å². The molecule has 1 fully saturated rings. The largest absolute Gasteiger partial charge is 0.368 e. The van der Waals surface area contributed by atoms with Gasteiger partial charge in [0.1, 0.15) is 11.1 Å². The molecule has 0 bridgehead atoms. The number of ether oxygens (including phenoxy) is 1. The molecule has 0 radical (unpaired) electrons. The van der Waals surface area contributed by atoms with Gasteiger partial charge in [-0.25, -0.2) is 4.98 Å². The summed E-state index contributed by atoms with van der Waals surface area (Å²) in [5.74, 6) is 0. The van der Waals surface area contributed by atoms with Gasteiger partial charge in [-0.1, -0.05) is 41.1 Å². The maximum Gasteiger partial charge on any atom is 0.124 e. The Kier molecular flexibility index (Phi) is 4.51. The van der Waals surface area contributed by atoms with Crippen LogP contribution in [0, 0.1) is 0 Å². The van der Waals surface area contributed by atoms with E-state index in [0.717, 1.165) is 47.0 Å². The Labute approximate surface area is 131 Å². The minimum atomic E-state index is 0.116. The van der Waals surface area contributed by atoms with Gasteiger partial charge in [-0.05, 0) is 12.6 Å². The summed E-state index contributed by atoms with van der Waals surface area (Å²) < 4.78 is 6.95. The molecule has 2 heterocycles. The molecule has 0 amide bonds. The highest BCUT2D eigenvalue weighted by molar-refractivity contribution is 9.10. The Hall–Kier alpha value is -0.750. The SMILES string of the molecule is CCN1CCOC(c2nc(-c3ccccc3Br)cs2)C1. The molecular weight excluding hydrogens is 336 g/mol. The van der Waals surface area contributed by atoms with E-state index < -0.39 is 0 Å². The van der Waals surface area contributed by atoms with Gasteiger partial charge in [0.2, 0.25) is 0 Å². The molecule has 106 valence electrons. The normalized spacial score (nSPS) is 20.2. The summed E-state index contributed by atoms with van der Waals surface area (Å²) in [5.41, 5.74) is 2.16. The van der Waals surface area contributed by atoms with Crippen molar-refractivity contribution in [2.45, 2.75) is 13.0 Å². The standard InChI is InChI=1S/C15H17BrN2OS/c1-2-18-7-8-19-14(9-18)15-17-13(10-20-15)11-5-3-4-6-12(11)16/h3-6,10,14H,2,7-9H2,1H3. The fourth-order valence-electron chi connectivity index (χ4n) is 2.37. The summed E-state index contributed by atoms with van der Waals surface area (Å²) in [7, 11) is 0. The zero-order valence-corrected chi connectivity index (χ0v) is 13.8. The molecule has 20 heavy (non-hydrogen) atoms. The van der Waals surface area contributed by atoms with Crippen LogP contribution in [-0.2, 0) is 4.74 Å². The van der Waals surface area contributed by atoms with Gasteiger partial charge >= 0.3 is 0 Å². The third-order valence-electron chi connectivity index (χ3n) is 3.54. The van der Waals surface area contributed by atoms with E-state index in [1.54, 1.807) is 11.3 Å². The van der Waals surface area contributed by atoms with Crippen molar-refractivity contribution in [3.05, 3.63) is 39.1 Å². The molecule has 0 saturated carbocycles. The smallest absolute Gasteiger partial charge is 0.124 e. The van der Waals surface area contributed by atoms with Gasteiger partial charge in [-0.3, -0.25) is 4.90 Å². The molecule has 1 unspecified atom stereocenters. The number of morpholine rings is 1. The Morgan fingerprint density at radius 1 is 1.45 bits per heavy atom. The summed E-state index contributed by atoms with van der Waals surface area (Å²) in [6, 6.07) is 8.19. The molecule has 0 N–H and O–H groups in total. The lowest BCUT2D eigenvalue weighted by molar-refractivity contribution is -0.0282. The monoisotopic (exact) mass is 352 g/mol. The minimum Gasteiger partial charge on any atom is -0.368 e. The van der Waals surface area contributed by atoms with Crippen LogP contribution in [0.2, 0.25) is 0 Å². The Bertz CT molecular complexity index is 587. The van der Waals surface area contributed by atoms with Gasteiger partial charge in [0.25, 0.3) is 0 Å². The molecule has 0 aliphatic carbocycles. The van der Waals surface area contributed by atoms with Crippen molar-refractivity contribution < 1.29 is 4.74 Å². The number of hydrogen-bond acceptors (Lipinski definition) is 4. The van der Waals surface area contributed by atoms with Crippen molar-refractivity contribution in [1.82, 2.24) is 9.88 Å². The van der Waals surface area contributed by atoms with E-state index in [2.05, 4.69) is 39.2 Å². The highest BCUT2D eigenvalue weighted by Crippen LogP contribution is 2.32. The van der Waals surface area contributed by atoms with Crippen LogP contribution in [0.15, 0.2) is 34.1 Å². The van der Waals surface area contributed by atoms with Crippen LogP contribution in [0.1, 0.15) is 18.0 Å². The number of rotatable bonds is 3. The van der Waals surface area contributed by atoms with E-state index in [1.165, 1.54) is 0 Å². The van der Waals surface area contributed by atoms with Gasteiger partial charge in [0, 0.05) is 28.5 Å². The van der Waals surface area contributed by atoms with E-state index >= 15 is 0 Å². The number of hydrogen-bond donors (Lipinski definition) is 0. The number of likely N-dealkylation sites (N-methyl/N-ethyl adjacent to an activating group) is 1. The quantitative estimate of drug-likeness (QED) is 0.835. The number of nitrogens with zero attached hydrogens (tertiary/aromatic N) is 2. The maximum absolute atomic E-state index is 5.87. The van der Waals surface area contributed by atoms with Crippen molar-refractivity contribution in [2.24, 2.45) is 0 Å². The number of halogens is 1. The topological polar surface area (TPSA) is 25.4 Å². The number of aromatic nitrogens is 1. The van der Waals surface area contributed by atoms with E-state index in [9.17, 15) is 0 Å². The average molecular weight is 353 g/mol. The zero-order valence-electron chi connectivity index (χ0n) is 11.4. The highest BCUT2D eigenvalue weighted by Gasteiger charge is 2.23. The number of benzene rings is 1. The second-order valence-corrected chi connectivity index (χ2v) is 6.55. The molecule has 1 aliphatic rings. The fourth-order valence-corrected chi connectivity index (χ4v) is 3.71. The molecule has 5 heteroatoms. The summed E-state index contributed by atoms with van der Waals surface area (Å²) in [5, 5.41) is 3.19. The second-order valence-electron chi connectivity index (χ2n) is 4.80. The summed E-state index contributed by atoms with van der Waals surface area (Å²) in [4.78, 5) is 7.18. The Balaban J connectivity index is 1.82. The molecule has 1 aromatic heterocycles. The molecular formula is C15H17BrN2OS. The first kappa shape index (κ1) is 14.2. The highest BCUT2D eigenvalue weighted by atomic mass is 79.9. The van der Waals surface area contributed by atoms with Gasteiger partial charge < -0.3 is 4.74 Å². The lowest BCUT2D eigenvalue weighted by Gasteiger charge is -2.30. The van der Waals surface area contributed by atoms with Crippen LogP contribution in [0.4, 0.5) is 0 Å². The van der Waals surface area contributed by atoms with Gasteiger partial charge in [0.15, 0.2) is 0 Å². The van der Waals surface area contributed by atoms with Gasteiger partial charge in [0.05, 0.1) is 12.3 Å². The molecule has 3 rings (SSSR count). The third-order valence-corrected chi connectivity index (χ3v) is 5.17. The van der Waals surface area contributed by atoms with E-state index in [1.807, 2.05) is 18.2 Å². The van der Waals surface area contributed by atoms with Crippen molar-refractivity contribution in [3.8, 4) is 11.3 Å². The maximum atomic E-state index is 5.87. The summed E-state index contributed by atoms with van der Waals surface area (Å²) in [6.07, 6.45) is 0.116. The van der Waals surface area contributed by atoms with Crippen LogP contribution < -0.4 is 0 Å². The molecule has 1 atom stereocenters. The molecule has 1 aromatic carbocycles. The average Bonchev–Trinajstić information content (AvgIpc) is 2.97. The van der Waals surface area contributed by atoms with Crippen LogP contribution in [-0.4, -0.2) is 36.1 Å². The van der Waals surface area contributed by atoms with E-state index in [4.69, 9.17) is 9.72 Å². The lowest BCUT2D eigenvalue weighted by atomic mass is 10.2. The predicted molar refractivity (Wildman–Crippen MR) is 86.1 cm³/mol. The van der Waals surface area contributed by atoms with Crippen LogP contribution in [0.3, 0.4) is 0 Å². The first-order valence-electron chi connectivity index (χ1n) is 6.82. The first-order chi connectivity index (χ1) is 9.78. The summed E-state index contributed by atoms with van der Waals surface area (Å²) in [6.45, 7) is 6.02. The third kappa shape index (κ3) is 2.96. The first-order valence-corrected chi connectivity index (χ1v) is 8.49. The molecule has 0 spiro atoms. The molecule has 2 aromatic rings. The predicted octanol–water partition coefficient (Wildman–Crippen LogP) is 3.97. The fraction of sp³-hybridized carbons (Fsp3) is 0.400. The van der Waals surface area contributed by atoms with E-state index in [-0.39, 0.29) is 6.10 Å². The molecule has 1 aliphatic heterocycles. The van der Waals surface area contributed by atoms with Crippen molar-refractivity contribution in [2.75, 3.05) is 26.2 Å². The second kappa shape index (κ2) is 6.35. The van der Waals surface area contributed by atoms with Crippen molar-refractivity contribution in [3.63, 3.8) is 0 Å². The Morgan fingerprint density at radius 3 is 3.10 bits per heavy atom. The lowest BCUT2D eigenvalue weighted by Crippen LogP contribution is -2.37. The minimum absolute atomic E-state index is 0.116. The molecule has 3 nitrogen and oxygen atoms in total. The number of thiazole rings is 1. The Morgan fingerprint density at radius 2 is 2.30 bits per heavy atom. The molecule has 1 saturated heterocycles. The van der Waals surface area contributed by atoms with Gasteiger partial charge in [-0.2, -0.15) is 0 Å². The zero-order chi connectivity index (χ0) is 13.9. The van der Waals surface area contributed by atoms with Crippen LogP contribution in [0.5, 0.6) is 0 Å². The van der Waals surface area contributed by atoms with Crippen molar-refractivity contribution >= 4 is 27.3 Å².